The molecular weight excluding hydrogens is 563 g/mol. The molecule has 214 valence electrons. The lowest BCUT2D eigenvalue weighted by molar-refractivity contribution is 0.0921. The highest BCUT2D eigenvalue weighted by Crippen LogP contribution is 2.19. The highest BCUT2D eigenvalue weighted by atomic mass is 16.4. The molecule has 15 heteroatoms. The quantitative estimate of drug-likeness (QED) is 0.0886. The molecule has 0 bridgehead atoms. The Hall–Kier alpha value is -6.06. The predicted molar refractivity (Wildman–Crippen MR) is 155 cm³/mol. The molecule has 5 aromatic rings. The first-order valence-corrected chi connectivity index (χ1v) is 12.3. The Labute approximate surface area is 240 Å². The standard InChI is InChI=1S/C28H19BN4O10/c34-17-1-3-19-21(36)10-25(42-23(19)8-17)27(38)32-30-12-14-5-15(7-16(6-14)29(40)41)13-31-33-28(39)26-11-22(37)20-4-2-18(35)9-24(20)43-26/h1-13,34-35,40-41H,(H,32,38)(H,33,39)/b30-12+,31-13+. The number of hydrogen-bond acceptors (Lipinski definition) is 12. The molecule has 43 heavy (non-hydrogen) atoms. The van der Waals surface area contributed by atoms with Gasteiger partial charge in [0.2, 0.25) is 0 Å². The van der Waals surface area contributed by atoms with Gasteiger partial charge < -0.3 is 29.1 Å². The number of benzene rings is 3. The van der Waals surface area contributed by atoms with Crippen molar-refractivity contribution in [1.82, 2.24) is 10.9 Å². The number of phenolic OH excluding ortho intramolecular Hbond substituents is 2. The zero-order chi connectivity index (χ0) is 30.7. The Morgan fingerprint density at radius 3 is 1.53 bits per heavy atom. The average molecular weight is 582 g/mol. The van der Waals surface area contributed by atoms with Gasteiger partial charge in [-0.3, -0.25) is 19.2 Å². The molecule has 5 rings (SSSR count). The highest BCUT2D eigenvalue weighted by molar-refractivity contribution is 6.58. The van der Waals surface area contributed by atoms with Gasteiger partial charge in [-0.1, -0.05) is 12.1 Å². The smallest absolute Gasteiger partial charge is 0.488 e. The van der Waals surface area contributed by atoms with Crippen molar-refractivity contribution >= 4 is 58.8 Å². The molecule has 2 amide bonds. The van der Waals surface area contributed by atoms with Gasteiger partial charge in [0.05, 0.1) is 23.2 Å². The first kappa shape index (κ1) is 28.5. The molecule has 14 nitrogen and oxygen atoms in total. The third-order valence-electron chi connectivity index (χ3n) is 5.93. The number of aromatic hydroxyl groups is 2. The number of rotatable bonds is 7. The van der Waals surface area contributed by atoms with Gasteiger partial charge in [0, 0.05) is 24.3 Å². The van der Waals surface area contributed by atoms with Crippen LogP contribution in [-0.4, -0.2) is 51.6 Å². The Balaban J connectivity index is 1.31. The zero-order valence-corrected chi connectivity index (χ0v) is 21.7. The van der Waals surface area contributed by atoms with Crippen LogP contribution in [0.3, 0.4) is 0 Å². The number of nitrogens with one attached hydrogen (secondary N) is 2. The average Bonchev–Trinajstić information content (AvgIpc) is 2.96. The summed E-state index contributed by atoms with van der Waals surface area (Å²) in [5, 5.41) is 46.5. The maximum absolute atomic E-state index is 12.5. The molecule has 0 aliphatic carbocycles. The number of carbonyl (C=O) groups excluding carboxylic acids is 2. The fraction of sp³-hybridized carbons (Fsp3) is 0. The van der Waals surface area contributed by atoms with E-state index in [2.05, 4.69) is 21.1 Å². The van der Waals surface area contributed by atoms with E-state index in [1.54, 1.807) is 0 Å². The minimum absolute atomic E-state index is 0.00402. The summed E-state index contributed by atoms with van der Waals surface area (Å²) in [6.07, 6.45) is 2.34. The van der Waals surface area contributed by atoms with Gasteiger partial charge in [-0.05, 0) is 46.9 Å². The molecule has 0 saturated heterocycles. The van der Waals surface area contributed by atoms with E-state index in [-0.39, 0.29) is 61.5 Å². The van der Waals surface area contributed by atoms with E-state index in [0.717, 1.165) is 12.1 Å². The molecule has 2 heterocycles. The Morgan fingerprint density at radius 1 is 0.674 bits per heavy atom. The normalized spacial score (nSPS) is 11.4. The minimum atomic E-state index is -1.88. The summed E-state index contributed by atoms with van der Waals surface area (Å²) in [5.41, 5.74) is 3.97. The van der Waals surface area contributed by atoms with Crippen molar-refractivity contribution in [2.45, 2.75) is 0 Å². The molecule has 0 aliphatic heterocycles. The van der Waals surface area contributed by atoms with E-state index < -0.39 is 29.8 Å². The molecule has 0 atom stereocenters. The van der Waals surface area contributed by atoms with Gasteiger partial charge in [0.15, 0.2) is 22.4 Å². The van der Waals surface area contributed by atoms with Gasteiger partial charge in [-0.15, -0.1) is 0 Å². The Kier molecular flexibility index (Phi) is 7.83. The molecule has 0 saturated carbocycles. The fourth-order valence-corrected chi connectivity index (χ4v) is 3.95. The zero-order valence-electron chi connectivity index (χ0n) is 21.7. The summed E-state index contributed by atoms with van der Waals surface area (Å²) >= 11 is 0. The van der Waals surface area contributed by atoms with Crippen molar-refractivity contribution in [2.75, 3.05) is 0 Å². The van der Waals surface area contributed by atoms with Crippen LogP contribution in [0.1, 0.15) is 32.2 Å². The summed E-state index contributed by atoms with van der Waals surface area (Å²) < 4.78 is 10.8. The number of fused-ring (bicyclic) bond motifs is 2. The summed E-state index contributed by atoms with van der Waals surface area (Å²) in [6.45, 7) is 0. The third kappa shape index (κ3) is 6.48. The summed E-state index contributed by atoms with van der Waals surface area (Å²) in [4.78, 5) is 49.5. The van der Waals surface area contributed by atoms with Crippen LogP contribution in [0.15, 0.2) is 95.4 Å². The van der Waals surface area contributed by atoms with Crippen LogP contribution in [0.2, 0.25) is 0 Å². The largest absolute Gasteiger partial charge is 0.508 e. The van der Waals surface area contributed by atoms with E-state index in [1.807, 2.05) is 0 Å². The highest BCUT2D eigenvalue weighted by Gasteiger charge is 2.15. The number of nitrogens with zero attached hydrogens (tertiary/aromatic N) is 2. The first-order valence-electron chi connectivity index (χ1n) is 12.3. The Morgan fingerprint density at radius 2 is 1.12 bits per heavy atom. The molecule has 2 aromatic heterocycles. The molecule has 0 fully saturated rings. The van der Waals surface area contributed by atoms with Gasteiger partial charge in [-0.2, -0.15) is 10.2 Å². The number of amides is 2. The van der Waals surface area contributed by atoms with Crippen LogP contribution in [0, 0.1) is 0 Å². The molecule has 0 unspecified atom stereocenters. The monoisotopic (exact) mass is 582 g/mol. The van der Waals surface area contributed by atoms with Gasteiger partial charge in [-0.25, -0.2) is 10.9 Å². The number of carbonyl (C=O) groups is 2. The second kappa shape index (κ2) is 11.8. The summed E-state index contributed by atoms with van der Waals surface area (Å²) in [7, 11) is -1.88. The van der Waals surface area contributed by atoms with Crippen LogP contribution in [0.25, 0.3) is 21.9 Å². The van der Waals surface area contributed by atoms with E-state index in [9.17, 15) is 39.4 Å². The van der Waals surface area contributed by atoms with Crippen LogP contribution >= 0.6 is 0 Å². The molecule has 0 radical (unpaired) electrons. The SMILES string of the molecule is O=C(N/N=C/c1cc(/C=N/NC(=O)c2cc(=O)c3ccc(O)cc3o2)cc(B(O)O)c1)c1cc(=O)c2ccc(O)cc2o1. The van der Waals surface area contributed by atoms with Gasteiger partial charge in [0.1, 0.15) is 22.7 Å². The van der Waals surface area contributed by atoms with E-state index >= 15 is 0 Å². The topological polar surface area (TPSA) is 224 Å². The molecule has 0 spiro atoms. The molecule has 3 aromatic carbocycles. The second-order valence-corrected chi connectivity index (χ2v) is 9.02. The van der Waals surface area contributed by atoms with Crippen LogP contribution in [-0.2, 0) is 0 Å². The van der Waals surface area contributed by atoms with Crippen LogP contribution in [0.4, 0.5) is 0 Å². The van der Waals surface area contributed by atoms with Crippen molar-refractivity contribution < 1.29 is 38.7 Å². The lowest BCUT2D eigenvalue weighted by atomic mass is 9.79. The van der Waals surface area contributed by atoms with Crippen molar-refractivity contribution in [3.05, 3.63) is 110 Å². The maximum Gasteiger partial charge on any atom is 0.488 e. The van der Waals surface area contributed by atoms with Crippen LogP contribution < -0.4 is 27.2 Å². The van der Waals surface area contributed by atoms with Gasteiger partial charge in [0.25, 0.3) is 0 Å². The predicted octanol–water partition coefficient (Wildman–Crippen LogP) is 0.518. The molecular formula is C28H19BN4O10. The Bertz CT molecular complexity index is 1940. The van der Waals surface area contributed by atoms with E-state index in [1.165, 1.54) is 67.0 Å². The lowest BCUT2D eigenvalue weighted by Crippen LogP contribution is -2.30. The van der Waals surface area contributed by atoms with Crippen molar-refractivity contribution in [2.24, 2.45) is 10.2 Å². The molecule has 6 N–H and O–H groups in total. The van der Waals surface area contributed by atoms with Crippen molar-refractivity contribution in [1.29, 1.82) is 0 Å². The summed E-state index contributed by atoms with van der Waals surface area (Å²) in [5.74, 6) is -2.76. The van der Waals surface area contributed by atoms with Crippen LogP contribution in [0.5, 0.6) is 11.5 Å². The number of hydrogen-bond donors (Lipinski definition) is 6. The third-order valence-corrected chi connectivity index (χ3v) is 5.93. The van der Waals surface area contributed by atoms with Gasteiger partial charge >= 0.3 is 18.9 Å². The molecule has 0 aliphatic rings. The van der Waals surface area contributed by atoms with Crippen molar-refractivity contribution in [3.8, 4) is 11.5 Å². The van der Waals surface area contributed by atoms with E-state index in [0.29, 0.717) is 0 Å². The fourth-order valence-electron chi connectivity index (χ4n) is 3.95. The van der Waals surface area contributed by atoms with E-state index in [4.69, 9.17) is 8.83 Å². The second-order valence-electron chi connectivity index (χ2n) is 9.02. The number of phenols is 2. The lowest BCUT2D eigenvalue weighted by Gasteiger charge is -2.05. The maximum atomic E-state index is 12.5. The van der Waals surface area contributed by atoms with Crippen molar-refractivity contribution in [3.63, 3.8) is 0 Å². The summed E-state index contributed by atoms with van der Waals surface area (Å²) in [6, 6.07) is 13.9. The first-order chi connectivity index (χ1) is 20.6. The number of hydrazone groups is 2. The minimum Gasteiger partial charge on any atom is -0.508 e.